The molecule has 3 aromatic heterocycles. The summed E-state index contributed by atoms with van der Waals surface area (Å²) in [7, 11) is 1.55. The van der Waals surface area contributed by atoms with E-state index in [-0.39, 0.29) is 18.1 Å². The van der Waals surface area contributed by atoms with Crippen molar-refractivity contribution in [1.82, 2.24) is 19.2 Å². The number of nitrogens with one attached hydrogen (secondary N) is 1. The maximum absolute atomic E-state index is 13.6. The number of aromatic nitrogens is 4. The maximum atomic E-state index is 13.6. The van der Waals surface area contributed by atoms with Crippen LogP contribution in [0.3, 0.4) is 0 Å². The predicted molar refractivity (Wildman–Crippen MR) is 132 cm³/mol. The monoisotopic (exact) mass is 471 g/mol. The van der Waals surface area contributed by atoms with Gasteiger partial charge in [0.25, 0.3) is 0 Å². The third kappa shape index (κ3) is 3.28. The van der Waals surface area contributed by atoms with E-state index in [1.54, 1.807) is 30.6 Å². The lowest BCUT2D eigenvalue weighted by molar-refractivity contribution is -0.116. The Hall–Kier alpha value is -3.98. The topological polar surface area (TPSA) is 90.5 Å². The van der Waals surface area contributed by atoms with Crippen LogP contribution in [0.2, 0.25) is 0 Å². The molecular formula is C25H21N5O3S. The van der Waals surface area contributed by atoms with Crippen LogP contribution >= 0.6 is 11.3 Å². The number of ether oxygens (including phenoxy) is 1. The smallest absolute Gasteiger partial charge is 0.352 e. The second-order valence-electron chi connectivity index (χ2n) is 8.19. The summed E-state index contributed by atoms with van der Waals surface area (Å²) in [6.07, 6.45) is 2.99. The van der Waals surface area contributed by atoms with Gasteiger partial charge in [-0.25, -0.2) is 9.78 Å². The van der Waals surface area contributed by atoms with Crippen molar-refractivity contribution >= 4 is 38.8 Å². The lowest BCUT2D eigenvalue weighted by Crippen LogP contribution is -2.32. The number of benzene rings is 2. The first-order valence-corrected chi connectivity index (χ1v) is 11.9. The van der Waals surface area contributed by atoms with Gasteiger partial charge in [0.2, 0.25) is 5.91 Å². The number of rotatable bonds is 5. The Bertz CT molecular complexity index is 1620. The lowest BCUT2D eigenvalue weighted by atomic mass is 10.2. The third-order valence-corrected chi connectivity index (χ3v) is 7.42. The van der Waals surface area contributed by atoms with Crippen molar-refractivity contribution in [3.8, 4) is 17.1 Å². The molecule has 6 rings (SSSR count). The molecule has 0 spiro atoms. The molecule has 170 valence electrons. The number of thiophene rings is 1. The van der Waals surface area contributed by atoms with E-state index in [0.717, 1.165) is 35.0 Å². The molecule has 9 heteroatoms. The quantitative estimate of drug-likeness (QED) is 0.420. The molecule has 3 heterocycles. The van der Waals surface area contributed by atoms with Crippen molar-refractivity contribution in [2.24, 2.45) is 0 Å². The fourth-order valence-corrected chi connectivity index (χ4v) is 5.93. The second kappa shape index (κ2) is 8.11. The number of methoxy groups -OCH3 is 1. The Labute approximate surface area is 198 Å². The number of amides is 1. The molecule has 1 N–H and O–H groups in total. The van der Waals surface area contributed by atoms with Crippen molar-refractivity contribution in [3.63, 3.8) is 0 Å². The number of nitrogens with zero attached hydrogens (tertiary/aromatic N) is 4. The minimum absolute atomic E-state index is 0.136. The normalized spacial score (nSPS) is 12.9. The lowest BCUT2D eigenvalue weighted by Gasteiger charge is -2.12. The number of carbonyl (C=O) groups excluding carboxylic acids is 1. The largest absolute Gasteiger partial charge is 0.495 e. The van der Waals surface area contributed by atoms with Crippen LogP contribution in [0.4, 0.5) is 5.69 Å². The molecule has 0 atom stereocenters. The zero-order valence-corrected chi connectivity index (χ0v) is 19.3. The number of fused-ring (bicyclic) bond motifs is 5. The Morgan fingerprint density at radius 1 is 1.12 bits per heavy atom. The zero-order chi connectivity index (χ0) is 23.2. The fraction of sp³-hybridized carbons (Fsp3) is 0.200. The molecule has 0 unspecified atom stereocenters. The predicted octanol–water partition coefficient (Wildman–Crippen LogP) is 3.91. The Balaban J connectivity index is 1.49. The van der Waals surface area contributed by atoms with Crippen LogP contribution in [-0.2, 0) is 24.2 Å². The SMILES string of the molecule is COc1ccccc1NC(=O)Cn1c(=O)n2nc(-c3ccccc3)nc2c2c3c(sc21)CCC3. The number of aryl methyl sites for hydroxylation is 2. The van der Waals surface area contributed by atoms with E-state index >= 15 is 0 Å². The highest BCUT2D eigenvalue weighted by atomic mass is 32.1. The number of para-hydroxylation sites is 2. The molecule has 0 saturated carbocycles. The number of hydrogen-bond acceptors (Lipinski definition) is 6. The van der Waals surface area contributed by atoms with Gasteiger partial charge in [-0.1, -0.05) is 42.5 Å². The molecular weight excluding hydrogens is 450 g/mol. The Morgan fingerprint density at radius 2 is 1.91 bits per heavy atom. The fourth-order valence-electron chi connectivity index (χ4n) is 4.55. The molecule has 0 aliphatic heterocycles. The summed E-state index contributed by atoms with van der Waals surface area (Å²) in [6.45, 7) is -0.136. The average Bonchev–Trinajstić information content (AvgIpc) is 3.57. The van der Waals surface area contributed by atoms with Crippen LogP contribution in [0.1, 0.15) is 16.9 Å². The molecule has 0 saturated heterocycles. The van der Waals surface area contributed by atoms with Crippen LogP contribution in [-0.4, -0.2) is 32.2 Å². The van der Waals surface area contributed by atoms with Gasteiger partial charge in [-0.3, -0.25) is 9.36 Å². The summed E-state index contributed by atoms with van der Waals surface area (Å²) in [4.78, 5) is 33.4. The molecule has 5 aromatic rings. The first kappa shape index (κ1) is 20.6. The van der Waals surface area contributed by atoms with Gasteiger partial charge in [0, 0.05) is 10.4 Å². The molecule has 0 bridgehead atoms. The summed E-state index contributed by atoms with van der Waals surface area (Å²) < 4.78 is 8.18. The first-order valence-electron chi connectivity index (χ1n) is 11.1. The van der Waals surface area contributed by atoms with Crippen molar-refractivity contribution in [1.29, 1.82) is 0 Å². The van der Waals surface area contributed by atoms with Gasteiger partial charge in [-0.2, -0.15) is 4.52 Å². The molecule has 0 radical (unpaired) electrons. The summed E-state index contributed by atoms with van der Waals surface area (Å²) in [5.41, 5.74) is 2.79. The summed E-state index contributed by atoms with van der Waals surface area (Å²) in [5.74, 6) is 0.736. The van der Waals surface area contributed by atoms with E-state index in [9.17, 15) is 9.59 Å². The zero-order valence-electron chi connectivity index (χ0n) is 18.4. The van der Waals surface area contributed by atoms with E-state index in [2.05, 4.69) is 10.4 Å². The van der Waals surface area contributed by atoms with E-state index < -0.39 is 0 Å². The first-order chi connectivity index (χ1) is 16.6. The molecule has 8 nitrogen and oxygen atoms in total. The molecule has 1 aliphatic carbocycles. The van der Waals surface area contributed by atoms with Crippen LogP contribution in [0.5, 0.6) is 5.75 Å². The molecule has 1 amide bonds. The van der Waals surface area contributed by atoms with Crippen molar-refractivity contribution < 1.29 is 9.53 Å². The second-order valence-corrected chi connectivity index (χ2v) is 9.28. The van der Waals surface area contributed by atoms with E-state index in [1.807, 2.05) is 42.5 Å². The summed E-state index contributed by atoms with van der Waals surface area (Å²) in [6, 6.07) is 16.8. The molecule has 34 heavy (non-hydrogen) atoms. The number of carbonyl (C=O) groups is 1. The summed E-state index contributed by atoms with van der Waals surface area (Å²) >= 11 is 1.58. The molecule has 2 aromatic carbocycles. The van der Waals surface area contributed by atoms with Crippen LogP contribution in [0.25, 0.3) is 27.3 Å². The van der Waals surface area contributed by atoms with Gasteiger partial charge >= 0.3 is 5.69 Å². The highest BCUT2D eigenvalue weighted by Gasteiger charge is 2.26. The average molecular weight is 472 g/mol. The highest BCUT2D eigenvalue weighted by molar-refractivity contribution is 7.19. The Kier molecular flexibility index (Phi) is 4.91. The van der Waals surface area contributed by atoms with E-state index in [0.29, 0.717) is 22.9 Å². The van der Waals surface area contributed by atoms with Crippen LogP contribution in [0, 0.1) is 0 Å². The van der Waals surface area contributed by atoms with Crippen LogP contribution < -0.4 is 15.7 Å². The van der Waals surface area contributed by atoms with Crippen LogP contribution in [0.15, 0.2) is 59.4 Å². The molecule has 0 fully saturated rings. The van der Waals surface area contributed by atoms with Gasteiger partial charge in [0.05, 0.1) is 18.2 Å². The third-order valence-electron chi connectivity index (χ3n) is 6.11. The number of anilines is 1. The minimum atomic E-state index is -0.382. The van der Waals surface area contributed by atoms with E-state index in [4.69, 9.17) is 9.72 Å². The van der Waals surface area contributed by atoms with Gasteiger partial charge in [-0.05, 0) is 37.0 Å². The van der Waals surface area contributed by atoms with Gasteiger partial charge in [-0.15, -0.1) is 16.4 Å². The van der Waals surface area contributed by atoms with E-state index in [1.165, 1.54) is 19.5 Å². The van der Waals surface area contributed by atoms with Crippen molar-refractivity contribution in [2.45, 2.75) is 25.8 Å². The highest BCUT2D eigenvalue weighted by Crippen LogP contribution is 2.38. The standard InChI is InChI=1S/C25H21N5O3S/c1-33-18-12-6-5-11-17(18)26-20(31)14-29-24-21(16-10-7-13-19(16)34-24)23-27-22(28-30(23)25(29)32)15-8-3-2-4-9-15/h2-6,8-9,11-12H,7,10,13-14H2,1H3,(H,26,31). The molecule has 1 aliphatic rings. The number of hydrogen-bond donors (Lipinski definition) is 1. The van der Waals surface area contributed by atoms with Gasteiger partial charge in [0.15, 0.2) is 11.5 Å². The maximum Gasteiger partial charge on any atom is 0.352 e. The minimum Gasteiger partial charge on any atom is -0.495 e. The Morgan fingerprint density at radius 3 is 2.74 bits per heavy atom. The summed E-state index contributed by atoms with van der Waals surface area (Å²) in [5, 5.41) is 8.34. The van der Waals surface area contributed by atoms with Crippen molar-refractivity contribution in [3.05, 3.63) is 75.5 Å². The van der Waals surface area contributed by atoms with Gasteiger partial charge < -0.3 is 10.1 Å². The van der Waals surface area contributed by atoms with Gasteiger partial charge in [0.1, 0.15) is 17.1 Å². The van der Waals surface area contributed by atoms with Crippen molar-refractivity contribution in [2.75, 3.05) is 12.4 Å².